The largest absolute Gasteiger partial charge is 0.487 e. The molecule has 0 spiro atoms. The maximum Gasteiger partial charge on any atom is 0.235 e. The Labute approximate surface area is 147 Å². The molecule has 0 aliphatic heterocycles. The second-order valence-corrected chi connectivity index (χ2v) is 6.11. The van der Waals surface area contributed by atoms with Gasteiger partial charge in [-0.2, -0.15) is 0 Å². The van der Waals surface area contributed by atoms with Crippen molar-refractivity contribution >= 4 is 6.08 Å². The van der Waals surface area contributed by atoms with Crippen LogP contribution in [0.4, 0.5) is 0 Å². The maximum absolute atomic E-state index is 10.5. The van der Waals surface area contributed by atoms with E-state index in [9.17, 15) is 10.1 Å². The standard InChI is InChI=1S/C20H21NO4/c22-21(23)13-12-16-10-11-19(24-15-17-6-2-1-3-7-17)20(14-16)25-18-8-4-5-9-18/h1-3,6-7,10-14,18H,4-5,8-9,15H2/b13-12+. The summed E-state index contributed by atoms with van der Waals surface area (Å²) in [6, 6.07) is 15.3. The second-order valence-electron chi connectivity index (χ2n) is 6.11. The zero-order chi connectivity index (χ0) is 17.5. The molecule has 1 aliphatic rings. The number of hydrogen-bond donors (Lipinski definition) is 0. The van der Waals surface area contributed by atoms with Gasteiger partial charge in [0.15, 0.2) is 11.5 Å². The van der Waals surface area contributed by atoms with Crippen LogP contribution >= 0.6 is 0 Å². The van der Waals surface area contributed by atoms with Gasteiger partial charge in [-0.25, -0.2) is 0 Å². The Morgan fingerprint density at radius 1 is 1.08 bits per heavy atom. The summed E-state index contributed by atoms with van der Waals surface area (Å²) in [6.07, 6.45) is 6.99. The van der Waals surface area contributed by atoms with E-state index in [4.69, 9.17) is 9.47 Å². The van der Waals surface area contributed by atoms with E-state index in [-0.39, 0.29) is 6.10 Å². The molecule has 25 heavy (non-hydrogen) atoms. The van der Waals surface area contributed by atoms with Crippen LogP contribution in [0.15, 0.2) is 54.7 Å². The van der Waals surface area contributed by atoms with Crippen LogP contribution in [0.25, 0.3) is 6.08 Å². The SMILES string of the molecule is O=[N+]([O-])/C=C/c1ccc(OCc2ccccc2)c(OC2CCCC2)c1. The van der Waals surface area contributed by atoms with Crippen LogP contribution in [0.2, 0.25) is 0 Å². The van der Waals surface area contributed by atoms with Crippen molar-refractivity contribution in [3.63, 3.8) is 0 Å². The minimum absolute atomic E-state index is 0.189. The zero-order valence-electron chi connectivity index (χ0n) is 14.0. The number of hydrogen-bond acceptors (Lipinski definition) is 4. The van der Waals surface area contributed by atoms with Crippen molar-refractivity contribution in [3.05, 3.63) is 76.0 Å². The van der Waals surface area contributed by atoms with Crippen LogP contribution in [-0.4, -0.2) is 11.0 Å². The molecule has 2 aromatic rings. The molecule has 0 unspecified atom stereocenters. The van der Waals surface area contributed by atoms with Gasteiger partial charge in [0.05, 0.1) is 11.0 Å². The lowest BCUT2D eigenvalue weighted by Gasteiger charge is -2.17. The highest BCUT2D eigenvalue weighted by molar-refractivity contribution is 5.55. The summed E-state index contributed by atoms with van der Waals surface area (Å²) >= 11 is 0. The van der Waals surface area contributed by atoms with Crippen molar-refractivity contribution in [2.24, 2.45) is 0 Å². The van der Waals surface area contributed by atoms with Gasteiger partial charge >= 0.3 is 0 Å². The van der Waals surface area contributed by atoms with Crippen LogP contribution in [0.5, 0.6) is 11.5 Å². The van der Waals surface area contributed by atoms with Gasteiger partial charge in [0, 0.05) is 6.08 Å². The second kappa shape index (κ2) is 8.33. The minimum atomic E-state index is -0.475. The topological polar surface area (TPSA) is 61.6 Å². The molecule has 1 fully saturated rings. The van der Waals surface area contributed by atoms with Crippen molar-refractivity contribution in [2.75, 3.05) is 0 Å². The fourth-order valence-corrected chi connectivity index (χ4v) is 2.91. The first kappa shape index (κ1) is 17.0. The first-order chi connectivity index (χ1) is 12.2. The maximum atomic E-state index is 10.5. The van der Waals surface area contributed by atoms with Crippen molar-refractivity contribution < 1.29 is 14.4 Å². The van der Waals surface area contributed by atoms with E-state index in [1.807, 2.05) is 36.4 Å². The van der Waals surface area contributed by atoms with Gasteiger partial charge in [0.25, 0.3) is 0 Å². The van der Waals surface area contributed by atoms with Gasteiger partial charge in [0.2, 0.25) is 6.20 Å². The molecular formula is C20H21NO4. The third-order valence-corrected chi connectivity index (χ3v) is 4.19. The van der Waals surface area contributed by atoms with Gasteiger partial charge in [-0.1, -0.05) is 36.4 Å². The van der Waals surface area contributed by atoms with E-state index in [0.29, 0.717) is 18.1 Å². The Morgan fingerprint density at radius 3 is 2.56 bits per heavy atom. The lowest BCUT2D eigenvalue weighted by molar-refractivity contribution is -0.400. The average molecular weight is 339 g/mol. The third kappa shape index (κ3) is 5.08. The smallest absolute Gasteiger partial charge is 0.235 e. The van der Waals surface area contributed by atoms with E-state index in [1.54, 1.807) is 12.1 Å². The quantitative estimate of drug-likeness (QED) is 0.535. The zero-order valence-corrected chi connectivity index (χ0v) is 14.0. The van der Waals surface area contributed by atoms with Crippen molar-refractivity contribution in [2.45, 2.75) is 38.4 Å². The van der Waals surface area contributed by atoms with Crippen molar-refractivity contribution in [1.82, 2.24) is 0 Å². The van der Waals surface area contributed by atoms with E-state index in [1.165, 1.54) is 18.9 Å². The molecule has 0 atom stereocenters. The Kier molecular flexibility index (Phi) is 5.67. The summed E-state index contributed by atoms with van der Waals surface area (Å²) in [5.74, 6) is 1.31. The predicted octanol–water partition coefficient (Wildman–Crippen LogP) is 4.83. The molecule has 0 N–H and O–H groups in total. The molecule has 0 saturated heterocycles. The number of nitrogens with zero attached hydrogens (tertiary/aromatic N) is 1. The van der Waals surface area contributed by atoms with E-state index >= 15 is 0 Å². The Morgan fingerprint density at radius 2 is 1.84 bits per heavy atom. The molecule has 1 saturated carbocycles. The summed E-state index contributed by atoms with van der Waals surface area (Å²) in [5, 5.41) is 10.5. The molecule has 2 aromatic carbocycles. The Bertz CT molecular complexity index is 737. The molecule has 0 aromatic heterocycles. The fraction of sp³-hybridized carbons (Fsp3) is 0.300. The predicted molar refractivity (Wildman–Crippen MR) is 96.1 cm³/mol. The highest BCUT2D eigenvalue weighted by Gasteiger charge is 2.18. The molecular weight excluding hydrogens is 318 g/mol. The van der Waals surface area contributed by atoms with Crippen molar-refractivity contribution in [3.8, 4) is 11.5 Å². The van der Waals surface area contributed by atoms with Gasteiger partial charge in [-0.15, -0.1) is 0 Å². The molecule has 0 heterocycles. The summed E-state index contributed by atoms with van der Waals surface area (Å²) in [7, 11) is 0. The first-order valence-electron chi connectivity index (χ1n) is 8.50. The third-order valence-electron chi connectivity index (χ3n) is 4.19. The number of ether oxygens (including phenoxy) is 2. The molecule has 130 valence electrons. The van der Waals surface area contributed by atoms with Crippen LogP contribution in [0.3, 0.4) is 0 Å². The van der Waals surface area contributed by atoms with Gasteiger partial charge in [-0.3, -0.25) is 10.1 Å². The van der Waals surface area contributed by atoms with Crippen LogP contribution < -0.4 is 9.47 Å². The highest BCUT2D eigenvalue weighted by atomic mass is 16.6. The molecule has 3 rings (SSSR count). The Balaban J connectivity index is 1.77. The van der Waals surface area contributed by atoms with Gasteiger partial charge < -0.3 is 9.47 Å². The van der Waals surface area contributed by atoms with E-state index in [2.05, 4.69) is 0 Å². The van der Waals surface area contributed by atoms with Crippen LogP contribution in [0, 0.1) is 10.1 Å². The molecule has 0 amide bonds. The molecule has 0 bridgehead atoms. The number of benzene rings is 2. The lowest BCUT2D eigenvalue weighted by atomic mass is 10.2. The van der Waals surface area contributed by atoms with E-state index in [0.717, 1.165) is 30.2 Å². The first-order valence-corrected chi connectivity index (χ1v) is 8.50. The fourth-order valence-electron chi connectivity index (χ4n) is 2.91. The average Bonchev–Trinajstić information content (AvgIpc) is 3.13. The lowest BCUT2D eigenvalue weighted by Crippen LogP contribution is -2.12. The summed E-state index contributed by atoms with van der Waals surface area (Å²) < 4.78 is 12.0. The van der Waals surface area contributed by atoms with Crippen LogP contribution in [0.1, 0.15) is 36.8 Å². The highest BCUT2D eigenvalue weighted by Crippen LogP contribution is 2.33. The number of rotatable bonds is 7. The molecule has 5 heteroatoms. The summed E-state index contributed by atoms with van der Waals surface area (Å²) in [6.45, 7) is 0.450. The van der Waals surface area contributed by atoms with Crippen LogP contribution in [-0.2, 0) is 6.61 Å². The van der Waals surface area contributed by atoms with Gasteiger partial charge in [-0.05, 0) is 48.9 Å². The Hall–Kier alpha value is -2.82. The van der Waals surface area contributed by atoms with E-state index < -0.39 is 4.92 Å². The monoisotopic (exact) mass is 339 g/mol. The van der Waals surface area contributed by atoms with Gasteiger partial charge in [0.1, 0.15) is 6.61 Å². The molecule has 1 aliphatic carbocycles. The molecule has 0 radical (unpaired) electrons. The number of nitro groups is 1. The molecule has 5 nitrogen and oxygen atoms in total. The normalized spacial score (nSPS) is 14.7. The minimum Gasteiger partial charge on any atom is -0.487 e. The van der Waals surface area contributed by atoms with Crippen molar-refractivity contribution in [1.29, 1.82) is 0 Å². The summed E-state index contributed by atoms with van der Waals surface area (Å²) in [4.78, 5) is 10.1. The summed E-state index contributed by atoms with van der Waals surface area (Å²) in [5.41, 5.74) is 1.79.